The Morgan fingerprint density at radius 1 is 1.21 bits per heavy atom. The van der Waals surface area contributed by atoms with Crippen LogP contribution in [0.3, 0.4) is 0 Å². The maximum absolute atomic E-state index is 12.9. The molecule has 0 aromatic heterocycles. The number of para-hydroxylation sites is 1. The molecule has 2 aliphatic rings. The van der Waals surface area contributed by atoms with Gasteiger partial charge in [-0.2, -0.15) is 0 Å². The highest BCUT2D eigenvalue weighted by atomic mass is 32.2. The van der Waals surface area contributed by atoms with Crippen LogP contribution in [0.15, 0.2) is 24.3 Å². The molecule has 19 heavy (non-hydrogen) atoms. The molecule has 0 saturated carbocycles. The van der Waals surface area contributed by atoms with E-state index >= 15 is 0 Å². The fourth-order valence-electron chi connectivity index (χ4n) is 3.18. The van der Waals surface area contributed by atoms with Crippen LogP contribution >= 0.6 is 0 Å². The maximum Gasteiger partial charge on any atom is 0.238 e. The van der Waals surface area contributed by atoms with Gasteiger partial charge in [0.1, 0.15) is 0 Å². The zero-order chi connectivity index (χ0) is 13.5. The number of rotatable bonds is 2. The lowest BCUT2D eigenvalue weighted by atomic mass is 10.1. The molecule has 1 atom stereocenters. The summed E-state index contributed by atoms with van der Waals surface area (Å²) in [6.45, 7) is 3.60. The third kappa shape index (κ3) is 2.15. The summed E-state index contributed by atoms with van der Waals surface area (Å²) in [5.74, 6) is 0. The maximum atomic E-state index is 12.9. The van der Waals surface area contributed by atoms with Crippen LogP contribution in [0.1, 0.15) is 25.3 Å². The number of hydrogen-bond donors (Lipinski definition) is 1. The van der Waals surface area contributed by atoms with E-state index in [1.54, 1.807) is 4.31 Å². The normalized spacial score (nSPS) is 24.5. The fourth-order valence-corrected chi connectivity index (χ4v) is 5.36. The van der Waals surface area contributed by atoms with Gasteiger partial charge in [0.15, 0.2) is 0 Å². The second kappa shape index (κ2) is 4.80. The first-order valence-electron chi connectivity index (χ1n) is 6.92. The van der Waals surface area contributed by atoms with Crippen LogP contribution in [0.4, 0.5) is 5.69 Å². The van der Waals surface area contributed by atoms with Crippen molar-refractivity contribution in [1.82, 2.24) is 5.32 Å². The molecule has 1 aromatic rings. The Morgan fingerprint density at radius 3 is 2.63 bits per heavy atom. The first-order chi connectivity index (χ1) is 9.10. The monoisotopic (exact) mass is 280 g/mol. The van der Waals surface area contributed by atoms with Crippen LogP contribution in [0.2, 0.25) is 0 Å². The topological polar surface area (TPSA) is 49.4 Å². The summed E-state index contributed by atoms with van der Waals surface area (Å²) in [6.07, 6.45) is 2.25. The van der Waals surface area contributed by atoms with Crippen molar-refractivity contribution >= 4 is 15.7 Å². The van der Waals surface area contributed by atoms with E-state index in [2.05, 4.69) is 5.32 Å². The summed E-state index contributed by atoms with van der Waals surface area (Å²) >= 11 is 0. The highest BCUT2D eigenvalue weighted by Crippen LogP contribution is 2.36. The molecule has 1 saturated heterocycles. The van der Waals surface area contributed by atoms with Crippen molar-refractivity contribution in [2.45, 2.75) is 37.5 Å². The fraction of sp³-hybridized carbons (Fsp3) is 0.571. The molecule has 1 unspecified atom stereocenters. The van der Waals surface area contributed by atoms with Gasteiger partial charge in [0.2, 0.25) is 10.0 Å². The van der Waals surface area contributed by atoms with Gasteiger partial charge in [-0.1, -0.05) is 18.2 Å². The Kier molecular flexibility index (Phi) is 3.27. The van der Waals surface area contributed by atoms with Crippen LogP contribution in [0, 0.1) is 0 Å². The lowest BCUT2D eigenvalue weighted by molar-refractivity contribution is 0.492. The first kappa shape index (κ1) is 12.9. The quantitative estimate of drug-likeness (QED) is 0.893. The van der Waals surface area contributed by atoms with E-state index in [9.17, 15) is 8.42 Å². The van der Waals surface area contributed by atoms with E-state index in [0.29, 0.717) is 12.8 Å². The molecule has 1 N–H and O–H groups in total. The van der Waals surface area contributed by atoms with E-state index in [1.807, 2.05) is 31.2 Å². The molecule has 2 heterocycles. The second-order valence-corrected chi connectivity index (χ2v) is 7.56. The molecular weight excluding hydrogens is 260 g/mol. The van der Waals surface area contributed by atoms with Crippen molar-refractivity contribution < 1.29 is 8.42 Å². The molecule has 104 valence electrons. The number of nitrogens with one attached hydrogen (secondary N) is 1. The largest absolute Gasteiger partial charge is 0.317 e. The average molecular weight is 280 g/mol. The summed E-state index contributed by atoms with van der Waals surface area (Å²) < 4.78 is 27.4. The molecule has 0 amide bonds. The van der Waals surface area contributed by atoms with Gasteiger partial charge in [-0.15, -0.1) is 0 Å². The Hall–Kier alpha value is -1.07. The summed E-state index contributed by atoms with van der Waals surface area (Å²) in [7, 11) is -3.23. The molecule has 4 nitrogen and oxygen atoms in total. The van der Waals surface area contributed by atoms with Gasteiger partial charge in [0, 0.05) is 6.04 Å². The molecule has 1 fully saturated rings. The van der Waals surface area contributed by atoms with E-state index in [-0.39, 0.29) is 11.3 Å². The summed E-state index contributed by atoms with van der Waals surface area (Å²) in [4.78, 5) is 0. The first-order valence-corrected chi connectivity index (χ1v) is 8.43. The zero-order valence-electron chi connectivity index (χ0n) is 11.2. The molecule has 0 bridgehead atoms. The second-order valence-electron chi connectivity index (χ2n) is 5.47. The van der Waals surface area contributed by atoms with Gasteiger partial charge in [0.05, 0.1) is 10.9 Å². The highest BCUT2D eigenvalue weighted by Gasteiger charge is 2.39. The van der Waals surface area contributed by atoms with E-state index in [0.717, 1.165) is 30.8 Å². The van der Waals surface area contributed by atoms with Gasteiger partial charge < -0.3 is 5.32 Å². The standard InChI is InChI=1S/C14H20N2O2S/c1-11-10-12-4-2-3-5-14(12)16(11)19(17,18)13-6-8-15-9-7-13/h2-5,11,13,15H,6-10H2,1H3. The minimum absolute atomic E-state index is 0.0392. The van der Waals surface area contributed by atoms with Gasteiger partial charge in [-0.05, 0) is 50.9 Å². The number of sulfonamides is 1. The predicted octanol–water partition coefficient (Wildman–Crippen LogP) is 1.52. The van der Waals surface area contributed by atoms with Crippen LogP contribution < -0.4 is 9.62 Å². The Balaban J connectivity index is 1.97. The molecule has 0 aliphatic carbocycles. The van der Waals surface area contributed by atoms with Crippen molar-refractivity contribution in [3.05, 3.63) is 29.8 Å². The summed E-state index contributed by atoms with van der Waals surface area (Å²) in [6, 6.07) is 7.90. The molecule has 0 radical (unpaired) electrons. The van der Waals surface area contributed by atoms with E-state index in [1.165, 1.54) is 0 Å². The lowest BCUT2D eigenvalue weighted by Gasteiger charge is -2.31. The van der Waals surface area contributed by atoms with E-state index in [4.69, 9.17) is 0 Å². The molecule has 5 heteroatoms. The van der Waals surface area contributed by atoms with Crippen LogP contribution in [-0.4, -0.2) is 32.8 Å². The predicted molar refractivity (Wildman–Crippen MR) is 76.9 cm³/mol. The minimum Gasteiger partial charge on any atom is -0.317 e. The SMILES string of the molecule is CC1Cc2ccccc2N1S(=O)(=O)C1CCNCC1. The highest BCUT2D eigenvalue weighted by molar-refractivity contribution is 7.93. The Bertz CT molecular complexity index is 565. The third-order valence-corrected chi connectivity index (χ3v) is 6.55. The van der Waals surface area contributed by atoms with Crippen molar-refractivity contribution in [2.75, 3.05) is 17.4 Å². The van der Waals surface area contributed by atoms with Gasteiger partial charge in [0.25, 0.3) is 0 Å². The number of nitrogens with zero attached hydrogens (tertiary/aromatic N) is 1. The third-order valence-electron chi connectivity index (χ3n) is 4.13. The van der Waals surface area contributed by atoms with Gasteiger partial charge >= 0.3 is 0 Å². The molecule has 0 spiro atoms. The van der Waals surface area contributed by atoms with Crippen molar-refractivity contribution in [3.63, 3.8) is 0 Å². The van der Waals surface area contributed by atoms with Gasteiger partial charge in [-0.3, -0.25) is 4.31 Å². The molecular formula is C14H20N2O2S. The van der Waals surface area contributed by atoms with Crippen LogP contribution in [-0.2, 0) is 16.4 Å². The number of anilines is 1. The smallest absolute Gasteiger partial charge is 0.238 e. The number of piperidine rings is 1. The molecule has 2 aliphatic heterocycles. The van der Waals surface area contributed by atoms with Crippen molar-refractivity contribution in [1.29, 1.82) is 0 Å². The van der Waals surface area contributed by atoms with Gasteiger partial charge in [-0.25, -0.2) is 8.42 Å². The summed E-state index contributed by atoms with van der Waals surface area (Å²) in [5.41, 5.74) is 2.03. The summed E-state index contributed by atoms with van der Waals surface area (Å²) in [5, 5.41) is 2.99. The zero-order valence-corrected chi connectivity index (χ0v) is 12.0. The lowest BCUT2D eigenvalue weighted by Crippen LogP contribution is -2.46. The average Bonchev–Trinajstić information content (AvgIpc) is 2.76. The minimum atomic E-state index is -3.23. The van der Waals surface area contributed by atoms with Crippen LogP contribution in [0.5, 0.6) is 0 Å². The van der Waals surface area contributed by atoms with Crippen molar-refractivity contribution in [3.8, 4) is 0 Å². The Morgan fingerprint density at radius 2 is 1.89 bits per heavy atom. The Labute approximate surface area is 114 Å². The number of fused-ring (bicyclic) bond motifs is 1. The van der Waals surface area contributed by atoms with E-state index < -0.39 is 10.0 Å². The molecule has 3 rings (SSSR count). The number of benzene rings is 1. The van der Waals surface area contributed by atoms with Crippen LogP contribution in [0.25, 0.3) is 0 Å². The molecule has 1 aromatic carbocycles. The van der Waals surface area contributed by atoms with Crippen molar-refractivity contribution in [2.24, 2.45) is 0 Å². The number of hydrogen-bond acceptors (Lipinski definition) is 3.